The van der Waals surface area contributed by atoms with E-state index in [1.54, 1.807) is 10.9 Å². The molecule has 0 saturated carbocycles. The summed E-state index contributed by atoms with van der Waals surface area (Å²) in [6.07, 6.45) is -1.59. The second kappa shape index (κ2) is 7.53. The average Bonchev–Trinajstić information content (AvgIpc) is 3.29. The molecular weight excluding hydrogens is 375 g/mol. The van der Waals surface area contributed by atoms with Gasteiger partial charge < -0.3 is 16.0 Å². The van der Waals surface area contributed by atoms with Gasteiger partial charge in [-0.2, -0.15) is 18.3 Å². The maximum atomic E-state index is 13.1. The number of aromatic nitrogens is 2. The van der Waals surface area contributed by atoms with Gasteiger partial charge in [-0.3, -0.25) is 9.48 Å². The number of halogens is 3. The molecule has 2 heterocycles. The molecule has 7 nitrogen and oxygen atoms in total. The van der Waals surface area contributed by atoms with Crippen LogP contribution in [0.25, 0.3) is 0 Å². The number of alkyl halides is 3. The van der Waals surface area contributed by atoms with Gasteiger partial charge in [0.05, 0.1) is 29.8 Å². The normalized spacial score (nSPS) is 20.8. The van der Waals surface area contributed by atoms with Crippen molar-refractivity contribution < 1.29 is 22.8 Å². The molecule has 0 aliphatic carbocycles. The van der Waals surface area contributed by atoms with E-state index in [-0.39, 0.29) is 12.6 Å². The Morgan fingerprint density at radius 3 is 2.50 bits per heavy atom. The number of hydrogen-bond donors (Lipinski definition) is 2. The van der Waals surface area contributed by atoms with Crippen molar-refractivity contribution in [3.63, 3.8) is 0 Å². The van der Waals surface area contributed by atoms with Crippen LogP contribution in [-0.2, 0) is 4.79 Å². The van der Waals surface area contributed by atoms with E-state index < -0.39 is 36.5 Å². The summed E-state index contributed by atoms with van der Waals surface area (Å²) >= 11 is 0. The van der Waals surface area contributed by atoms with E-state index >= 15 is 0 Å². The third-order valence-electron chi connectivity index (χ3n) is 4.92. The Morgan fingerprint density at radius 1 is 1.25 bits per heavy atom. The van der Waals surface area contributed by atoms with E-state index in [2.05, 4.69) is 10.4 Å². The van der Waals surface area contributed by atoms with E-state index in [1.165, 1.54) is 6.20 Å². The van der Waals surface area contributed by atoms with Crippen LogP contribution >= 0.6 is 0 Å². The van der Waals surface area contributed by atoms with Gasteiger partial charge in [0.2, 0.25) is 5.91 Å². The van der Waals surface area contributed by atoms with Crippen LogP contribution < -0.4 is 11.1 Å². The SMILES string of the molecule is CC(c1ccccc1)n1cc(NC(=O)N2C[C@H](C(N)=O)[C@@H](C(F)(F)F)C2)cn1. The topological polar surface area (TPSA) is 93.3 Å². The van der Waals surface area contributed by atoms with Gasteiger partial charge in [-0.05, 0) is 12.5 Å². The molecule has 2 aromatic rings. The highest BCUT2D eigenvalue weighted by Gasteiger charge is 2.52. The summed E-state index contributed by atoms with van der Waals surface area (Å²) in [5.41, 5.74) is 6.44. The van der Waals surface area contributed by atoms with E-state index in [4.69, 9.17) is 5.73 Å². The Balaban J connectivity index is 1.67. The van der Waals surface area contributed by atoms with Gasteiger partial charge in [-0.1, -0.05) is 30.3 Å². The summed E-state index contributed by atoms with van der Waals surface area (Å²) in [4.78, 5) is 24.7. The number of urea groups is 1. The number of hydrogen-bond acceptors (Lipinski definition) is 3. The number of amides is 3. The van der Waals surface area contributed by atoms with Gasteiger partial charge in [0.25, 0.3) is 0 Å². The maximum absolute atomic E-state index is 13.1. The van der Waals surface area contributed by atoms with Gasteiger partial charge in [0.15, 0.2) is 0 Å². The van der Waals surface area contributed by atoms with E-state index in [9.17, 15) is 22.8 Å². The monoisotopic (exact) mass is 395 g/mol. The smallest absolute Gasteiger partial charge is 0.369 e. The molecule has 1 saturated heterocycles. The summed E-state index contributed by atoms with van der Waals surface area (Å²) in [6, 6.07) is 8.76. The third kappa shape index (κ3) is 4.10. The molecule has 1 unspecified atom stereocenters. The lowest BCUT2D eigenvalue weighted by atomic mass is 9.95. The van der Waals surface area contributed by atoms with Crippen molar-refractivity contribution in [3.05, 3.63) is 48.3 Å². The molecule has 28 heavy (non-hydrogen) atoms. The van der Waals surface area contributed by atoms with Crippen molar-refractivity contribution in [2.24, 2.45) is 17.6 Å². The zero-order valence-electron chi connectivity index (χ0n) is 15.1. The number of carbonyl (C=O) groups excluding carboxylic acids is 2. The minimum atomic E-state index is -4.61. The highest BCUT2D eigenvalue weighted by atomic mass is 19.4. The highest BCUT2D eigenvalue weighted by Crippen LogP contribution is 2.37. The minimum absolute atomic E-state index is 0.0903. The van der Waals surface area contributed by atoms with Crippen LogP contribution in [0.4, 0.5) is 23.7 Å². The van der Waals surface area contributed by atoms with Gasteiger partial charge in [-0.25, -0.2) is 4.79 Å². The van der Waals surface area contributed by atoms with Crippen molar-refractivity contribution in [2.45, 2.75) is 19.1 Å². The Labute approximate surface area is 159 Å². The molecule has 3 rings (SSSR count). The zero-order valence-corrected chi connectivity index (χ0v) is 15.1. The highest BCUT2D eigenvalue weighted by molar-refractivity contribution is 5.90. The standard InChI is InChI=1S/C18H20F3N5O2/c1-11(12-5-3-2-4-6-12)26-8-13(7-23-26)24-17(28)25-9-14(16(22)27)15(10-25)18(19,20)21/h2-8,11,14-15H,9-10H2,1H3,(H2,22,27)(H,24,28)/t11?,14-,15-/m0/s1. The average molecular weight is 395 g/mol. The first-order chi connectivity index (χ1) is 13.2. The van der Waals surface area contributed by atoms with Crippen LogP contribution in [-0.4, -0.2) is 45.9 Å². The molecule has 0 radical (unpaired) electrons. The second-order valence-corrected chi connectivity index (χ2v) is 6.79. The fourth-order valence-electron chi connectivity index (χ4n) is 3.29. The summed E-state index contributed by atoms with van der Waals surface area (Å²) in [5.74, 6) is -4.48. The minimum Gasteiger partial charge on any atom is -0.369 e. The number of likely N-dealkylation sites (tertiary alicyclic amines) is 1. The summed E-state index contributed by atoms with van der Waals surface area (Å²) in [7, 11) is 0. The first kappa shape index (κ1) is 19.7. The number of anilines is 1. The van der Waals surface area contributed by atoms with Crippen molar-refractivity contribution >= 4 is 17.6 Å². The predicted molar refractivity (Wildman–Crippen MR) is 95.3 cm³/mol. The van der Waals surface area contributed by atoms with Crippen molar-refractivity contribution in [1.82, 2.24) is 14.7 Å². The fourth-order valence-corrected chi connectivity index (χ4v) is 3.29. The van der Waals surface area contributed by atoms with Crippen LogP contribution in [0.2, 0.25) is 0 Å². The Bertz CT molecular complexity index is 852. The van der Waals surface area contributed by atoms with Crippen molar-refractivity contribution in [3.8, 4) is 0 Å². The quantitative estimate of drug-likeness (QED) is 0.833. The summed E-state index contributed by atoms with van der Waals surface area (Å²) in [5, 5.41) is 6.73. The Morgan fingerprint density at radius 2 is 1.93 bits per heavy atom. The molecule has 3 amide bonds. The predicted octanol–water partition coefficient (Wildman–Crippen LogP) is 2.62. The zero-order chi connectivity index (χ0) is 20.5. The van der Waals surface area contributed by atoms with E-state index in [1.807, 2.05) is 37.3 Å². The Hall–Kier alpha value is -3.04. The Kier molecular flexibility index (Phi) is 5.30. The van der Waals surface area contributed by atoms with Crippen LogP contribution in [0.5, 0.6) is 0 Å². The molecule has 0 spiro atoms. The van der Waals surface area contributed by atoms with Crippen LogP contribution in [0.3, 0.4) is 0 Å². The van der Waals surface area contributed by atoms with Gasteiger partial charge >= 0.3 is 12.2 Å². The lowest BCUT2D eigenvalue weighted by Crippen LogP contribution is -2.37. The number of benzene rings is 1. The number of carbonyl (C=O) groups is 2. The molecule has 10 heteroatoms. The summed E-state index contributed by atoms with van der Waals surface area (Å²) in [6.45, 7) is 0.942. The molecule has 1 fully saturated rings. The number of nitrogens with two attached hydrogens (primary N) is 1. The molecule has 1 aliphatic heterocycles. The van der Waals surface area contributed by atoms with Gasteiger partial charge in [0.1, 0.15) is 0 Å². The second-order valence-electron chi connectivity index (χ2n) is 6.79. The molecule has 150 valence electrons. The lowest BCUT2D eigenvalue weighted by molar-refractivity contribution is -0.182. The van der Waals surface area contributed by atoms with Crippen molar-refractivity contribution in [1.29, 1.82) is 0 Å². The molecule has 1 aromatic heterocycles. The molecular formula is C18H20F3N5O2. The van der Waals surface area contributed by atoms with Crippen LogP contribution in [0.15, 0.2) is 42.7 Å². The molecule has 1 aromatic carbocycles. The molecule has 1 aliphatic rings. The van der Waals surface area contributed by atoms with Crippen molar-refractivity contribution in [2.75, 3.05) is 18.4 Å². The van der Waals surface area contributed by atoms with E-state index in [0.29, 0.717) is 5.69 Å². The number of nitrogens with one attached hydrogen (secondary N) is 1. The van der Waals surface area contributed by atoms with Crippen LogP contribution in [0, 0.1) is 11.8 Å². The van der Waals surface area contributed by atoms with Crippen LogP contribution in [0.1, 0.15) is 18.5 Å². The molecule has 3 N–H and O–H groups in total. The number of rotatable bonds is 4. The summed E-state index contributed by atoms with van der Waals surface area (Å²) < 4.78 is 41.0. The fraction of sp³-hybridized carbons (Fsp3) is 0.389. The molecule has 0 bridgehead atoms. The van der Waals surface area contributed by atoms with Gasteiger partial charge in [0, 0.05) is 19.3 Å². The molecule has 3 atom stereocenters. The largest absolute Gasteiger partial charge is 0.394 e. The first-order valence-electron chi connectivity index (χ1n) is 8.68. The maximum Gasteiger partial charge on any atom is 0.394 e. The number of primary amides is 1. The first-order valence-corrected chi connectivity index (χ1v) is 8.68. The number of nitrogens with zero attached hydrogens (tertiary/aromatic N) is 3. The lowest BCUT2D eigenvalue weighted by Gasteiger charge is -2.18. The van der Waals surface area contributed by atoms with E-state index in [0.717, 1.165) is 10.5 Å². The third-order valence-corrected chi connectivity index (χ3v) is 4.92. The van der Waals surface area contributed by atoms with Gasteiger partial charge in [-0.15, -0.1) is 0 Å².